The fourth-order valence-corrected chi connectivity index (χ4v) is 2.94. The van der Waals surface area contributed by atoms with Crippen molar-refractivity contribution in [3.8, 4) is 11.8 Å². The first-order chi connectivity index (χ1) is 13.6. The Hall–Kier alpha value is -3.59. The second kappa shape index (κ2) is 8.87. The monoisotopic (exact) mass is 374 g/mol. The number of aromatic nitrogens is 2. The molecule has 0 saturated carbocycles. The molecule has 0 unspecified atom stereocenters. The fraction of sp³-hybridized carbons (Fsp3) is 0.227. The number of ether oxygens (including phenoxy) is 1. The highest BCUT2D eigenvalue weighted by Gasteiger charge is 2.13. The van der Waals surface area contributed by atoms with Crippen LogP contribution in [0.2, 0.25) is 0 Å². The van der Waals surface area contributed by atoms with Crippen LogP contribution in [-0.2, 0) is 17.9 Å². The summed E-state index contributed by atoms with van der Waals surface area (Å²) in [5.74, 6) is 0.272. The number of nitrogens with one attached hydrogen (secondary N) is 1. The Kier molecular flexibility index (Phi) is 6.07. The molecular weight excluding hydrogens is 352 g/mol. The number of nitrogens with zero attached hydrogens (tertiary/aromatic N) is 3. The number of aryl methyl sites for hydroxylation is 1. The van der Waals surface area contributed by atoms with E-state index in [1.807, 2.05) is 42.8 Å². The van der Waals surface area contributed by atoms with Crippen molar-refractivity contribution in [3.63, 3.8) is 0 Å². The summed E-state index contributed by atoms with van der Waals surface area (Å²) < 4.78 is 7.41. The van der Waals surface area contributed by atoms with E-state index in [4.69, 9.17) is 10.00 Å². The summed E-state index contributed by atoms with van der Waals surface area (Å²) in [4.78, 5) is 12.1. The molecule has 0 aliphatic rings. The normalized spacial score (nSPS) is 10.3. The molecule has 6 nitrogen and oxygen atoms in total. The van der Waals surface area contributed by atoms with E-state index in [9.17, 15) is 4.79 Å². The topological polar surface area (TPSA) is 79.9 Å². The highest BCUT2D eigenvalue weighted by Crippen LogP contribution is 2.15. The molecule has 0 spiro atoms. The molecule has 0 radical (unpaired) electrons. The van der Waals surface area contributed by atoms with Gasteiger partial charge in [0, 0.05) is 17.8 Å². The summed E-state index contributed by atoms with van der Waals surface area (Å²) in [6.07, 6.45) is 0. The zero-order chi connectivity index (χ0) is 19.9. The summed E-state index contributed by atoms with van der Waals surface area (Å²) in [6.45, 7) is 4.94. The third kappa shape index (κ3) is 4.77. The summed E-state index contributed by atoms with van der Waals surface area (Å²) in [7, 11) is 0. The van der Waals surface area contributed by atoms with Gasteiger partial charge in [-0.25, -0.2) is 0 Å². The fourth-order valence-electron chi connectivity index (χ4n) is 2.94. The third-order valence-electron chi connectivity index (χ3n) is 4.50. The summed E-state index contributed by atoms with van der Waals surface area (Å²) >= 11 is 0. The van der Waals surface area contributed by atoms with Crippen molar-refractivity contribution in [3.05, 3.63) is 82.7 Å². The molecule has 0 saturated heterocycles. The lowest BCUT2D eigenvalue weighted by atomic mass is 10.2. The van der Waals surface area contributed by atoms with Crippen molar-refractivity contribution in [2.75, 3.05) is 6.61 Å². The second-order valence-electron chi connectivity index (χ2n) is 6.50. The molecule has 1 amide bonds. The van der Waals surface area contributed by atoms with E-state index < -0.39 is 0 Å². The molecule has 1 heterocycles. The molecule has 28 heavy (non-hydrogen) atoms. The minimum Gasteiger partial charge on any atom is -0.484 e. The van der Waals surface area contributed by atoms with E-state index in [1.54, 1.807) is 24.3 Å². The highest BCUT2D eigenvalue weighted by molar-refractivity contribution is 5.77. The number of amides is 1. The molecule has 0 bridgehead atoms. The van der Waals surface area contributed by atoms with Crippen LogP contribution in [0.15, 0.2) is 54.6 Å². The standard InChI is InChI=1S/C22H22N4O2/c1-16-21(17(2)26(25-16)14-18-7-4-3-5-8-18)13-24-22(27)15-28-20-10-6-9-19(11-20)12-23/h3-11H,13-15H2,1-2H3,(H,24,27). The van der Waals surface area contributed by atoms with Crippen molar-refractivity contribution in [1.29, 1.82) is 5.26 Å². The average Bonchev–Trinajstić information content (AvgIpc) is 2.98. The maximum atomic E-state index is 12.1. The van der Waals surface area contributed by atoms with Crippen LogP contribution in [0.1, 0.15) is 28.1 Å². The molecule has 2 aromatic carbocycles. The van der Waals surface area contributed by atoms with E-state index in [0.717, 1.165) is 17.0 Å². The number of rotatable bonds is 7. The van der Waals surface area contributed by atoms with E-state index >= 15 is 0 Å². The van der Waals surface area contributed by atoms with Gasteiger partial charge in [0.25, 0.3) is 5.91 Å². The first-order valence-electron chi connectivity index (χ1n) is 9.03. The van der Waals surface area contributed by atoms with Gasteiger partial charge in [0.05, 0.1) is 23.9 Å². The van der Waals surface area contributed by atoms with Gasteiger partial charge in [-0.3, -0.25) is 9.48 Å². The molecule has 1 aromatic heterocycles. The van der Waals surface area contributed by atoms with Gasteiger partial charge in [-0.1, -0.05) is 36.4 Å². The summed E-state index contributed by atoms with van der Waals surface area (Å²) in [6, 6.07) is 18.9. The SMILES string of the molecule is Cc1nn(Cc2ccccc2)c(C)c1CNC(=O)COc1cccc(C#N)c1. The van der Waals surface area contributed by atoms with Crippen molar-refractivity contribution in [2.24, 2.45) is 0 Å². The Morgan fingerprint density at radius 2 is 1.96 bits per heavy atom. The largest absolute Gasteiger partial charge is 0.484 e. The molecule has 3 rings (SSSR count). The van der Waals surface area contributed by atoms with Crippen LogP contribution >= 0.6 is 0 Å². The maximum Gasteiger partial charge on any atom is 0.258 e. The molecular formula is C22H22N4O2. The van der Waals surface area contributed by atoms with Crippen molar-refractivity contribution >= 4 is 5.91 Å². The Morgan fingerprint density at radius 3 is 2.71 bits per heavy atom. The molecule has 1 N–H and O–H groups in total. The van der Waals surface area contributed by atoms with E-state index in [0.29, 0.717) is 24.4 Å². The van der Waals surface area contributed by atoms with Gasteiger partial charge in [0.2, 0.25) is 0 Å². The quantitative estimate of drug-likeness (QED) is 0.689. The number of carbonyl (C=O) groups is 1. The Labute approximate surface area is 164 Å². The van der Waals surface area contributed by atoms with Gasteiger partial charge in [0.1, 0.15) is 5.75 Å². The molecule has 0 fully saturated rings. The van der Waals surface area contributed by atoms with Gasteiger partial charge < -0.3 is 10.1 Å². The van der Waals surface area contributed by atoms with Crippen LogP contribution in [0.5, 0.6) is 5.75 Å². The van der Waals surface area contributed by atoms with Crippen LogP contribution in [0.4, 0.5) is 0 Å². The number of carbonyl (C=O) groups excluding carboxylic acids is 1. The molecule has 6 heteroatoms. The Balaban J connectivity index is 1.56. The molecule has 3 aromatic rings. The number of nitriles is 1. The first-order valence-corrected chi connectivity index (χ1v) is 9.03. The Bertz CT molecular complexity index is 1000. The van der Waals surface area contributed by atoms with Crippen molar-refractivity contribution in [2.45, 2.75) is 26.9 Å². The van der Waals surface area contributed by atoms with E-state index in [-0.39, 0.29) is 12.5 Å². The summed E-state index contributed by atoms with van der Waals surface area (Å²) in [5, 5.41) is 16.4. The second-order valence-corrected chi connectivity index (χ2v) is 6.50. The predicted octanol–water partition coefficient (Wildman–Crippen LogP) is 3.12. The van der Waals surface area contributed by atoms with Gasteiger partial charge in [0.15, 0.2) is 6.61 Å². The lowest BCUT2D eigenvalue weighted by Crippen LogP contribution is -2.28. The van der Waals surface area contributed by atoms with Crippen molar-refractivity contribution < 1.29 is 9.53 Å². The third-order valence-corrected chi connectivity index (χ3v) is 4.50. The van der Waals surface area contributed by atoms with Crippen LogP contribution in [-0.4, -0.2) is 22.3 Å². The van der Waals surface area contributed by atoms with Gasteiger partial charge in [-0.15, -0.1) is 0 Å². The van der Waals surface area contributed by atoms with Crippen LogP contribution in [0.25, 0.3) is 0 Å². The highest BCUT2D eigenvalue weighted by atomic mass is 16.5. The van der Waals surface area contributed by atoms with Gasteiger partial charge in [-0.2, -0.15) is 10.4 Å². The maximum absolute atomic E-state index is 12.1. The molecule has 0 aliphatic heterocycles. The van der Waals surface area contributed by atoms with Gasteiger partial charge >= 0.3 is 0 Å². The molecule has 142 valence electrons. The predicted molar refractivity (Wildman–Crippen MR) is 106 cm³/mol. The number of benzene rings is 2. The lowest BCUT2D eigenvalue weighted by molar-refractivity contribution is -0.123. The van der Waals surface area contributed by atoms with Gasteiger partial charge in [-0.05, 0) is 37.6 Å². The number of hydrogen-bond acceptors (Lipinski definition) is 4. The number of hydrogen-bond donors (Lipinski definition) is 1. The van der Waals surface area contributed by atoms with Crippen molar-refractivity contribution in [1.82, 2.24) is 15.1 Å². The first kappa shape index (κ1) is 19.2. The Morgan fingerprint density at radius 1 is 1.18 bits per heavy atom. The molecule has 0 aliphatic carbocycles. The molecule has 0 atom stereocenters. The zero-order valence-electron chi connectivity index (χ0n) is 16.0. The average molecular weight is 374 g/mol. The minimum atomic E-state index is -0.225. The van der Waals surface area contributed by atoms with Crippen LogP contribution in [0.3, 0.4) is 0 Å². The van der Waals surface area contributed by atoms with Crippen LogP contribution < -0.4 is 10.1 Å². The van der Waals surface area contributed by atoms with Crippen LogP contribution in [0, 0.1) is 25.2 Å². The minimum absolute atomic E-state index is 0.106. The van der Waals surface area contributed by atoms with E-state index in [2.05, 4.69) is 22.5 Å². The zero-order valence-corrected chi connectivity index (χ0v) is 16.0. The lowest BCUT2D eigenvalue weighted by Gasteiger charge is -2.09. The van der Waals surface area contributed by atoms with E-state index in [1.165, 1.54) is 5.56 Å². The smallest absolute Gasteiger partial charge is 0.258 e. The summed E-state index contributed by atoms with van der Waals surface area (Å²) in [5.41, 5.74) is 4.61.